The minimum absolute atomic E-state index is 0.0521. The van der Waals surface area contributed by atoms with E-state index >= 15 is 0 Å². The van der Waals surface area contributed by atoms with E-state index in [1.54, 1.807) is 0 Å². The molecule has 0 aromatic rings. The number of carbonyl (C=O) groups is 1. The number of sulfone groups is 1. The predicted octanol–water partition coefficient (Wildman–Crippen LogP) is -0.449. The lowest BCUT2D eigenvalue weighted by Gasteiger charge is -2.19. The summed E-state index contributed by atoms with van der Waals surface area (Å²) in [6.07, 6.45) is 3.10. The Balaban J connectivity index is 2.79. The molecule has 1 atom stereocenters. The number of nitrogens with zero attached hydrogens (tertiary/aromatic N) is 1. The summed E-state index contributed by atoms with van der Waals surface area (Å²) in [5.41, 5.74) is 0. The van der Waals surface area contributed by atoms with Crippen LogP contribution >= 0.6 is 0 Å². The lowest BCUT2D eigenvalue weighted by molar-refractivity contribution is -0.119. The first-order valence-electron chi connectivity index (χ1n) is 3.98. The van der Waals surface area contributed by atoms with Gasteiger partial charge in [-0.05, 0) is 12.8 Å². The standard InChI is InChI=1S/C7H10N2O3S/c8-5-9-7(10)6-3-1-2-4-13(6,11)12/h6H,1-4H2,(H,9,10). The zero-order valence-electron chi connectivity index (χ0n) is 6.99. The molecule has 1 heterocycles. The molecular weight excluding hydrogens is 192 g/mol. The van der Waals surface area contributed by atoms with Gasteiger partial charge < -0.3 is 0 Å². The Morgan fingerprint density at radius 3 is 2.69 bits per heavy atom. The van der Waals surface area contributed by atoms with Crippen molar-refractivity contribution in [3.63, 3.8) is 0 Å². The minimum Gasteiger partial charge on any atom is -0.273 e. The number of amides is 1. The van der Waals surface area contributed by atoms with E-state index in [2.05, 4.69) is 0 Å². The van der Waals surface area contributed by atoms with E-state index in [4.69, 9.17) is 5.26 Å². The molecule has 0 saturated carbocycles. The molecule has 1 saturated heterocycles. The van der Waals surface area contributed by atoms with Gasteiger partial charge in [0.15, 0.2) is 16.0 Å². The average molecular weight is 202 g/mol. The lowest BCUT2D eigenvalue weighted by atomic mass is 10.2. The highest BCUT2D eigenvalue weighted by Gasteiger charge is 2.34. The molecule has 0 bridgehead atoms. The summed E-state index contributed by atoms with van der Waals surface area (Å²) < 4.78 is 22.7. The molecule has 0 aromatic carbocycles. The largest absolute Gasteiger partial charge is 0.273 e. The highest BCUT2D eigenvalue weighted by molar-refractivity contribution is 7.92. The smallest absolute Gasteiger partial charge is 0.251 e. The van der Waals surface area contributed by atoms with Crippen molar-refractivity contribution in [2.45, 2.75) is 24.5 Å². The van der Waals surface area contributed by atoms with Crippen molar-refractivity contribution in [3.05, 3.63) is 0 Å². The van der Waals surface area contributed by atoms with Gasteiger partial charge >= 0.3 is 0 Å². The fourth-order valence-electron chi connectivity index (χ4n) is 1.38. The number of rotatable bonds is 1. The van der Waals surface area contributed by atoms with Crippen LogP contribution in [0, 0.1) is 11.5 Å². The average Bonchev–Trinajstić information content (AvgIpc) is 2.03. The minimum atomic E-state index is -3.31. The second kappa shape index (κ2) is 3.75. The molecule has 1 aliphatic heterocycles. The zero-order chi connectivity index (χ0) is 9.90. The van der Waals surface area contributed by atoms with E-state index in [0.717, 1.165) is 6.42 Å². The van der Waals surface area contributed by atoms with Crippen molar-refractivity contribution in [1.29, 1.82) is 5.26 Å². The second-order valence-corrected chi connectivity index (χ2v) is 5.26. The molecule has 72 valence electrons. The molecule has 0 aliphatic carbocycles. The summed E-state index contributed by atoms with van der Waals surface area (Å²) in [6.45, 7) is 0. The van der Waals surface area contributed by atoms with Crippen LogP contribution in [0.25, 0.3) is 0 Å². The van der Waals surface area contributed by atoms with Crippen LogP contribution in [0.15, 0.2) is 0 Å². The van der Waals surface area contributed by atoms with E-state index < -0.39 is 21.0 Å². The Labute approximate surface area is 76.7 Å². The first kappa shape index (κ1) is 9.99. The molecule has 6 heteroatoms. The molecule has 1 rings (SSSR count). The lowest BCUT2D eigenvalue weighted by Crippen LogP contribution is -2.41. The first-order valence-corrected chi connectivity index (χ1v) is 5.70. The van der Waals surface area contributed by atoms with Gasteiger partial charge in [-0.1, -0.05) is 6.42 Å². The quantitative estimate of drug-likeness (QED) is 0.461. The molecule has 1 amide bonds. The van der Waals surface area contributed by atoms with Gasteiger partial charge in [0.25, 0.3) is 5.91 Å². The summed E-state index contributed by atoms with van der Waals surface area (Å²) in [6, 6.07) is 0. The van der Waals surface area contributed by atoms with Crippen molar-refractivity contribution >= 4 is 15.7 Å². The SMILES string of the molecule is N#CNC(=O)C1CCCCS1(=O)=O. The van der Waals surface area contributed by atoms with Gasteiger partial charge in [0.05, 0.1) is 5.75 Å². The number of carbonyl (C=O) groups excluding carboxylic acids is 1. The molecule has 0 radical (unpaired) electrons. The molecule has 5 nitrogen and oxygen atoms in total. The van der Waals surface area contributed by atoms with Crippen molar-refractivity contribution < 1.29 is 13.2 Å². The summed E-state index contributed by atoms with van der Waals surface area (Å²) >= 11 is 0. The van der Waals surface area contributed by atoms with Gasteiger partial charge in [0.2, 0.25) is 0 Å². The Morgan fingerprint density at radius 1 is 1.46 bits per heavy atom. The predicted molar refractivity (Wildman–Crippen MR) is 45.2 cm³/mol. The van der Waals surface area contributed by atoms with Crippen molar-refractivity contribution in [2.75, 3.05) is 5.75 Å². The summed E-state index contributed by atoms with van der Waals surface area (Å²) in [7, 11) is -3.31. The van der Waals surface area contributed by atoms with Gasteiger partial charge in [-0.15, -0.1) is 0 Å². The van der Waals surface area contributed by atoms with Crippen LogP contribution in [0.2, 0.25) is 0 Å². The normalized spacial score (nSPS) is 25.9. The van der Waals surface area contributed by atoms with Gasteiger partial charge in [-0.25, -0.2) is 8.42 Å². The van der Waals surface area contributed by atoms with Gasteiger partial charge in [0.1, 0.15) is 5.25 Å². The maximum Gasteiger partial charge on any atom is 0.251 e. The second-order valence-electron chi connectivity index (χ2n) is 2.95. The Hall–Kier alpha value is -1.09. The van der Waals surface area contributed by atoms with Crippen molar-refractivity contribution in [1.82, 2.24) is 5.32 Å². The van der Waals surface area contributed by atoms with E-state index in [1.165, 1.54) is 6.19 Å². The molecule has 1 aliphatic rings. The van der Waals surface area contributed by atoms with Crippen LogP contribution in [0.3, 0.4) is 0 Å². The Bertz CT molecular complexity index is 341. The van der Waals surface area contributed by atoms with E-state index in [-0.39, 0.29) is 5.75 Å². The third-order valence-corrected chi connectivity index (χ3v) is 4.22. The zero-order valence-corrected chi connectivity index (χ0v) is 7.80. The maximum atomic E-state index is 11.3. The van der Waals surface area contributed by atoms with Crippen LogP contribution in [0.4, 0.5) is 0 Å². The number of hydrogen-bond donors (Lipinski definition) is 1. The van der Waals surface area contributed by atoms with E-state index in [1.807, 2.05) is 5.32 Å². The summed E-state index contributed by atoms with van der Waals surface area (Å²) in [5.74, 6) is -0.640. The van der Waals surface area contributed by atoms with Crippen molar-refractivity contribution in [2.24, 2.45) is 0 Å². The fraction of sp³-hybridized carbons (Fsp3) is 0.714. The molecular formula is C7H10N2O3S. The molecule has 0 spiro atoms. The van der Waals surface area contributed by atoms with Crippen LogP contribution in [-0.4, -0.2) is 25.3 Å². The van der Waals surface area contributed by atoms with Crippen LogP contribution < -0.4 is 5.32 Å². The fourth-order valence-corrected chi connectivity index (χ4v) is 3.19. The van der Waals surface area contributed by atoms with Crippen LogP contribution in [-0.2, 0) is 14.6 Å². The topological polar surface area (TPSA) is 87.0 Å². The number of nitrogens with one attached hydrogen (secondary N) is 1. The molecule has 1 fully saturated rings. The summed E-state index contributed by atoms with van der Waals surface area (Å²) in [5, 5.41) is 9.01. The van der Waals surface area contributed by atoms with Gasteiger partial charge in [-0.2, -0.15) is 5.26 Å². The van der Waals surface area contributed by atoms with E-state index in [9.17, 15) is 13.2 Å². The van der Waals surface area contributed by atoms with Gasteiger partial charge in [0, 0.05) is 0 Å². The number of hydrogen-bond acceptors (Lipinski definition) is 4. The van der Waals surface area contributed by atoms with Crippen LogP contribution in [0.5, 0.6) is 0 Å². The monoisotopic (exact) mass is 202 g/mol. The molecule has 13 heavy (non-hydrogen) atoms. The van der Waals surface area contributed by atoms with Gasteiger partial charge in [-0.3, -0.25) is 10.1 Å². The molecule has 1 unspecified atom stereocenters. The third kappa shape index (κ3) is 2.18. The van der Waals surface area contributed by atoms with Crippen LogP contribution in [0.1, 0.15) is 19.3 Å². The third-order valence-electron chi connectivity index (χ3n) is 2.05. The highest BCUT2D eigenvalue weighted by atomic mass is 32.2. The summed E-state index contributed by atoms with van der Waals surface area (Å²) in [4.78, 5) is 11.1. The first-order chi connectivity index (χ1) is 6.08. The van der Waals surface area contributed by atoms with Crippen molar-refractivity contribution in [3.8, 4) is 6.19 Å². The Kier molecular flexibility index (Phi) is 2.88. The maximum absolute atomic E-state index is 11.3. The van der Waals surface area contributed by atoms with E-state index in [0.29, 0.717) is 12.8 Å². The highest BCUT2D eigenvalue weighted by Crippen LogP contribution is 2.19. The number of nitriles is 1. The molecule has 1 N–H and O–H groups in total. The molecule has 0 aromatic heterocycles. The Morgan fingerprint density at radius 2 is 2.15 bits per heavy atom.